The molecule has 0 aliphatic heterocycles. The number of benzene rings is 2. The van der Waals surface area contributed by atoms with E-state index in [2.05, 4.69) is 38.8 Å². The van der Waals surface area contributed by atoms with Crippen molar-refractivity contribution in [3.8, 4) is 5.75 Å². The van der Waals surface area contributed by atoms with E-state index in [0.717, 1.165) is 35.9 Å². The average molecular weight is 464 g/mol. The van der Waals surface area contributed by atoms with Crippen LogP contribution in [0.1, 0.15) is 12.1 Å². The van der Waals surface area contributed by atoms with Gasteiger partial charge in [0.1, 0.15) is 5.75 Å². The number of para-hydroxylation sites is 2. The molecule has 0 atom stereocenters. The van der Waals surface area contributed by atoms with Crippen molar-refractivity contribution in [2.75, 3.05) is 20.2 Å². The number of aromatic nitrogens is 1. The van der Waals surface area contributed by atoms with Crippen molar-refractivity contribution >= 4 is 40.8 Å². The summed E-state index contributed by atoms with van der Waals surface area (Å²) in [6.07, 6.45) is 0.905. The molecule has 3 N–H and O–H groups in total. The fourth-order valence-electron chi connectivity index (χ4n) is 2.61. The fraction of sp³-hybridized carbons (Fsp3) is 0.250. The molecule has 3 aromatic rings. The second kappa shape index (κ2) is 10.7. The predicted octanol–water partition coefficient (Wildman–Crippen LogP) is 3.92. The molecule has 1 heterocycles. The molecule has 0 radical (unpaired) electrons. The predicted molar refractivity (Wildman–Crippen MR) is 118 cm³/mol. The van der Waals surface area contributed by atoms with E-state index in [-0.39, 0.29) is 24.0 Å². The van der Waals surface area contributed by atoms with Gasteiger partial charge in [-0.15, -0.1) is 24.0 Å². The van der Waals surface area contributed by atoms with Crippen LogP contribution in [0.5, 0.6) is 5.75 Å². The van der Waals surface area contributed by atoms with E-state index in [9.17, 15) is 0 Å². The van der Waals surface area contributed by atoms with Gasteiger partial charge < -0.3 is 20.4 Å². The molecule has 5 nitrogen and oxygen atoms in total. The van der Waals surface area contributed by atoms with Crippen LogP contribution in [-0.2, 0) is 6.54 Å². The zero-order chi connectivity index (χ0) is 17.3. The van der Waals surface area contributed by atoms with Crippen LogP contribution in [0.4, 0.5) is 0 Å². The molecular formula is C20H25IN4O. The van der Waals surface area contributed by atoms with Crippen molar-refractivity contribution in [3.63, 3.8) is 0 Å². The van der Waals surface area contributed by atoms with Gasteiger partial charge in [-0.1, -0.05) is 36.4 Å². The van der Waals surface area contributed by atoms with Crippen LogP contribution < -0.4 is 15.4 Å². The Morgan fingerprint density at radius 1 is 1.04 bits per heavy atom. The molecule has 0 unspecified atom stereocenters. The zero-order valence-electron chi connectivity index (χ0n) is 14.9. The number of nitrogens with one attached hydrogen (secondary N) is 3. The van der Waals surface area contributed by atoms with Gasteiger partial charge in [-0.3, -0.25) is 4.99 Å². The SMILES string of the molecule is CN=C(NCCCOc1ccccc1)NCc1cc2ccccc2[nH]1.I. The highest BCUT2D eigenvalue weighted by molar-refractivity contribution is 14.0. The molecule has 0 saturated carbocycles. The van der Waals surface area contributed by atoms with Crippen LogP contribution >= 0.6 is 24.0 Å². The van der Waals surface area contributed by atoms with Crippen molar-refractivity contribution in [2.24, 2.45) is 4.99 Å². The number of H-pyrrole nitrogens is 1. The molecule has 0 saturated heterocycles. The Morgan fingerprint density at radius 3 is 2.58 bits per heavy atom. The lowest BCUT2D eigenvalue weighted by atomic mass is 10.2. The first kappa shape index (κ1) is 20.1. The van der Waals surface area contributed by atoms with Crippen LogP contribution in [0.15, 0.2) is 65.7 Å². The largest absolute Gasteiger partial charge is 0.494 e. The topological polar surface area (TPSA) is 61.4 Å². The number of fused-ring (bicyclic) bond motifs is 1. The number of ether oxygens (including phenoxy) is 1. The maximum atomic E-state index is 5.68. The van der Waals surface area contributed by atoms with Gasteiger partial charge in [0.15, 0.2) is 5.96 Å². The molecule has 138 valence electrons. The molecule has 0 bridgehead atoms. The second-order valence-corrected chi connectivity index (χ2v) is 5.75. The first-order valence-corrected chi connectivity index (χ1v) is 8.54. The van der Waals surface area contributed by atoms with Crippen LogP contribution in [0.25, 0.3) is 10.9 Å². The van der Waals surface area contributed by atoms with Gasteiger partial charge in [0.2, 0.25) is 0 Å². The first-order chi connectivity index (χ1) is 12.3. The number of aliphatic imine (C=N–C) groups is 1. The smallest absolute Gasteiger partial charge is 0.191 e. The summed E-state index contributed by atoms with van der Waals surface area (Å²) in [5.74, 6) is 1.70. The molecule has 3 rings (SSSR count). The van der Waals surface area contributed by atoms with E-state index in [1.54, 1.807) is 7.05 Å². The Kier molecular flexibility index (Phi) is 8.27. The summed E-state index contributed by atoms with van der Waals surface area (Å²) in [6, 6.07) is 20.3. The van der Waals surface area contributed by atoms with E-state index in [4.69, 9.17) is 4.74 Å². The lowest BCUT2D eigenvalue weighted by Crippen LogP contribution is -2.37. The summed E-state index contributed by atoms with van der Waals surface area (Å²) < 4.78 is 5.68. The van der Waals surface area contributed by atoms with E-state index in [1.807, 2.05) is 42.5 Å². The maximum Gasteiger partial charge on any atom is 0.191 e. The molecule has 2 aromatic carbocycles. The summed E-state index contributed by atoms with van der Waals surface area (Å²) in [5, 5.41) is 7.85. The van der Waals surface area contributed by atoms with Crippen molar-refractivity contribution in [3.05, 3.63) is 66.4 Å². The van der Waals surface area contributed by atoms with Gasteiger partial charge in [-0.2, -0.15) is 0 Å². The molecule has 0 spiro atoms. The van der Waals surface area contributed by atoms with Crippen molar-refractivity contribution in [2.45, 2.75) is 13.0 Å². The molecule has 6 heteroatoms. The van der Waals surface area contributed by atoms with Crippen molar-refractivity contribution in [1.29, 1.82) is 0 Å². The van der Waals surface area contributed by atoms with Crippen LogP contribution in [0.2, 0.25) is 0 Å². The lowest BCUT2D eigenvalue weighted by molar-refractivity contribution is 0.311. The number of hydrogen-bond acceptors (Lipinski definition) is 2. The Labute approximate surface area is 171 Å². The Balaban J connectivity index is 0.00000243. The third-order valence-corrected chi connectivity index (χ3v) is 3.88. The Hall–Kier alpha value is -2.22. The molecule has 0 aliphatic carbocycles. The second-order valence-electron chi connectivity index (χ2n) is 5.75. The maximum absolute atomic E-state index is 5.68. The van der Waals surface area contributed by atoms with Gasteiger partial charge in [0, 0.05) is 24.8 Å². The summed E-state index contributed by atoms with van der Waals surface area (Å²) in [4.78, 5) is 7.66. The third kappa shape index (κ3) is 5.94. The number of halogens is 1. The summed E-state index contributed by atoms with van der Waals surface area (Å²) in [6.45, 7) is 2.18. The fourth-order valence-corrected chi connectivity index (χ4v) is 2.61. The molecule has 0 amide bonds. The summed E-state index contributed by atoms with van der Waals surface area (Å²) in [7, 11) is 1.78. The highest BCUT2D eigenvalue weighted by atomic mass is 127. The average Bonchev–Trinajstić information content (AvgIpc) is 3.08. The number of nitrogens with zero attached hydrogens (tertiary/aromatic N) is 1. The summed E-state index contributed by atoms with van der Waals surface area (Å²) in [5.41, 5.74) is 2.29. The highest BCUT2D eigenvalue weighted by Gasteiger charge is 2.02. The van der Waals surface area contributed by atoms with Crippen LogP contribution in [0, 0.1) is 0 Å². The van der Waals surface area contributed by atoms with E-state index in [1.165, 1.54) is 5.39 Å². The van der Waals surface area contributed by atoms with Gasteiger partial charge >= 0.3 is 0 Å². The van der Waals surface area contributed by atoms with Crippen LogP contribution in [0.3, 0.4) is 0 Å². The number of hydrogen-bond donors (Lipinski definition) is 3. The minimum atomic E-state index is 0. The minimum Gasteiger partial charge on any atom is -0.494 e. The van der Waals surface area contributed by atoms with Gasteiger partial charge in [0.25, 0.3) is 0 Å². The minimum absolute atomic E-state index is 0. The number of rotatable bonds is 7. The molecular weight excluding hydrogens is 439 g/mol. The number of guanidine groups is 1. The Bertz CT molecular complexity index is 784. The first-order valence-electron chi connectivity index (χ1n) is 8.54. The Morgan fingerprint density at radius 2 is 1.81 bits per heavy atom. The van der Waals surface area contributed by atoms with E-state index < -0.39 is 0 Å². The molecule has 26 heavy (non-hydrogen) atoms. The summed E-state index contributed by atoms with van der Waals surface area (Å²) >= 11 is 0. The molecule has 0 aliphatic rings. The number of aromatic amines is 1. The van der Waals surface area contributed by atoms with Crippen molar-refractivity contribution < 1.29 is 4.74 Å². The van der Waals surface area contributed by atoms with Gasteiger partial charge in [0.05, 0.1) is 13.2 Å². The normalized spacial score (nSPS) is 11.0. The van der Waals surface area contributed by atoms with Gasteiger partial charge in [-0.05, 0) is 36.1 Å². The van der Waals surface area contributed by atoms with E-state index >= 15 is 0 Å². The third-order valence-electron chi connectivity index (χ3n) is 3.88. The molecule has 0 fully saturated rings. The standard InChI is InChI=1S/C20H24N4O.HI/c1-21-20(22-12-7-13-25-18-9-3-2-4-10-18)23-15-17-14-16-8-5-6-11-19(16)24-17;/h2-6,8-11,14,24H,7,12-13,15H2,1H3,(H2,21,22,23);1H. The lowest BCUT2D eigenvalue weighted by Gasteiger charge is -2.11. The monoisotopic (exact) mass is 464 g/mol. The van der Waals surface area contributed by atoms with Crippen LogP contribution in [-0.4, -0.2) is 31.1 Å². The van der Waals surface area contributed by atoms with Crippen molar-refractivity contribution in [1.82, 2.24) is 15.6 Å². The quantitative estimate of drug-likeness (QED) is 0.215. The highest BCUT2D eigenvalue weighted by Crippen LogP contribution is 2.14. The molecule has 1 aromatic heterocycles. The van der Waals surface area contributed by atoms with Gasteiger partial charge in [-0.25, -0.2) is 0 Å². The zero-order valence-corrected chi connectivity index (χ0v) is 17.2. The van der Waals surface area contributed by atoms with E-state index in [0.29, 0.717) is 13.2 Å².